The molecular weight excluding hydrogens is 396 g/mol. The Morgan fingerprint density at radius 2 is 0.708 bits per heavy atom. The summed E-state index contributed by atoms with van der Waals surface area (Å²) in [4.78, 5) is 0. The Kier molecular flexibility index (Phi) is 6.06. The summed E-state index contributed by atoms with van der Waals surface area (Å²) in [6.45, 7) is 0.123. The lowest BCUT2D eigenvalue weighted by Gasteiger charge is -2.44. The summed E-state index contributed by atoms with van der Waals surface area (Å²) < 4.78 is 155. The van der Waals surface area contributed by atoms with Crippen molar-refractivity contribution in [2.45, 2.75) is 60.9 Å². The van der Waals surface area contributed by atoms with Crippen LogP contribution < -0.4 is 0 Å². The average molecular weight is 406 g/mol. The zero-order valence-electron chi connectivity index (χ0n) is 11.8. The third kappa shape index (κ3) is 3.09. The zero-order valence-corrected chi connectivity index (χ0v) is 12.6. The van der Waals surface area contributed by atoms with Crippen molar-refractivity contribution in [2.24, 2.45) is 0 Å². The third-order valence-electron chi connectivity index (χ3n) is 3.46. The second-order valence-electron chi connectivity index (χ2n) is 4.62. The van der Waals surface area contributed by atoms with Crippen molar-refractivity contribution in [3.05, 3.63) is 0 Å². The Labute approximate surface area is 129 Å². The largest absolute Gasteiger partial charge is 0.414 e. The molecular formula is C10H10F12OS. The SMILES string of the molecule is CCC(S(=O)C(CC)(C(F)(F)F)C(F)(F)F)(C(F)(F)F)C(F)(F)F. The van der Waals surface area contributed by atoms with E-state index in [0.717, 1.165) is 0 Å². The van der Waals surface area contributed by atoms with Crippen molar-refractivity contribution in [2.75, 3.05) is 0 Å². The van der Waals surface area contributed by atoms with E-state index in [2.05, 4.69) is 0 Å². The number of alkyl halides is 12. The molecule has 0 unspecified atom stereocenters. The van der Waals surface area contributed by atoms with E-state index in [-0.39, 0.29) is 13.8 Å². The van der Waals surface area contributed by atoms with Gasteiger partial charge in [-0.05, 0) is 12.8 Å². The minimum absolute atomic E-state index is 0.0616. The Bertz CT molecular complexity index is 398. The quantitative estimate of drug-likeness (QED) is 0.581. The summed E-state index contributed by atoms with van der Waals surface area (Å²) in [7, 11) is -5.49. The first kappa shape index (κ1) is 23.3. The number of hydrogen-bond donors (Lipinski definition) is 0. The van der Waals surface area contributed by atoms with E-state index in [1.165, 1.54) is 0 Å². The number of rotatable bonds is 4. The van der Waals surface area contributed by atoms with E-state index >= 15 is 0 Å². The Balaban J connectivity index is 7.02. The van der Waals surface area contributed by atoms with Crippen LogP contribution in [0.5, 0.6) is 0 Å². The van der Waals surface area contributed by atoms with Crippen molar-refractivity contribution in [3.8, 4) is 0 Å². The molecule has 0 radical (unpaired) electrons. The van der Waals surface area contributed by atoms with Crippen LogP contribution in [0.1, 0.15) is 26.7 Å². The summed E-state index contributed by atoms with van der Waals surface area (Å²) in [6.07, 6.45) is -31.3. The van der Waals surface area contributed by atoms with Crippen LogP contribution >= 0.6 is 0 Å². The number of hydrogen-bond acceptors (Lipinski definition) is 1. The molecule has 0 rings (SSSR count). The second-order valence-corrected chi connectivity index (χ2v) is 6.55. The molecule has 0 amide bonds. The third-order valence-corrected chi connectivity index (χ3v) is 6.23. The van der Waals surface area contributed by atoms with Gasteiger partial charge in [0.2, 0.25) is 9.49 Å². The van der Waals surface area contributed by atoms with Crippen LogP contribution in [-0.4, -0.2) is 38.4 Å². The predicted octanol–water partition coefficient (Wildman–Crippen LogP) is 5.28. The van der Waals surface area contributed by atoms with Crippen molar-refractivity contribution >= 4 is 10.8 Å². The smallest absolute Gasteiger partial charge is 0.257 e. The summed E-state index contributed by atoms with van der Waals surface area (Å²) in [5, 5.41) is 0. The van der Waals surface area contributed by atoms with Gasteiger partial charge >= 0.3 is 24.7 Å². The molecule has 0 spiro atoms. The highest BCUT2D eigenvalue weighted by Gasteiger charge is 2.84. The lowest BCUT2D eigenvalue weighted by Crippen LogP contribution is -2.70. The van der Waals surface area contributed by atoms with Gasteiger partial charge in [0.15, 0.2) is 0 Å². The van der Waals surface area contributed by atoms with E-state index in [1.54, 1.807) is 0 Å². The fourth-order valence-electron chi connectivity index (χ4n) is 2.10. The van der Waals surface area contributed by atoms with Gasteiger partial charge in [0, 0.05) is 0 Å². The van der Waals surface area contributed by atoms with Gasteiger partial charge in [0.1, 0.15) is 0 Å². The van der Waals surface area contributed by atoms with Crippen LogP contribution in [0.15, 0.2) is 0 Å². The highest BCUT2D eigenvalue weighted by Crippen LogP contribution is 2.59. The molecule has 14 heteroatoms. The van der Waals surface area contributed by atoms with Crippen LogP contribution in [0, 0.1) is 0 Å². The molecule has 0 aromatic carbocycles. The fraction of sp³-hybridized carbons (Fsp3) is 1.00. The standard InChI is InChI=1S/C10H10F12OS/c1-3-5(7(11,12)13,8(14,15)16)24(23)6(4-2,9(17,18)19)10(20,21)22/h3-4H2,1-2H3. The maximum absolute atomic E-state index is 12.9. The monoisotopic (exact) mass is 406 g/mol. The number of halogens is 12. The molecule has 0 fully saturated rings. The van der Waals surface area contributed by atoms with Gasteiger partial charge in [-0.1, -0.05) is 13.8 Å². The van der Waals surface area contributed by atoms with E-state index in [9.17, 15) is 56.9 Å². The second kappa shape index (κ2) is 6.24. The van der Waals surface area contributed by atoms with Gasteiger partial charge in [-0.15, -0.1) is 0 Å². The maximum Gasteiger partial charge on any atom is 0.414 e. The molecule has 0 N–H and O–H groups in total. The first-order chi connectivity index (χ1) is 10.3. The van der Waals surface area contributed by atoms with Crippen LogP contribution in [0.2, 0.25) is 0 Å². The molecule has 0 bridgehead atoms. The Hall–Kier alpha value is -0.690. The lowest BCUT2D eigenvalue weighted by atomic mass is 10.0. The zero-order chi connectivity index (χ0) is 20.0. The Morgan fingerprint density at radius 1 is 0.542 bits per heavy atom. The lowest BCUT2D eigenvalue weighted by molar-refractivity contribution is -0.280. The molecule has 0 saturated heterocycles. The highest BCUT2D eigenvalue weighted by atomic mass is 32.2. The minimum Gasteiger partial charge on any atom is -0.257 e. The van der Waals surface area contributed by atoms with Crippen LogP contribution in [0.25, 0.3) is 0 Å². The van der Waals surface area contributed by atoms with Crippen molar-refractivity contribution in [1.82, 2.24) is 0 Å². The first-order valence-corrected chi connectivity index (χ1v) is 7.11. The molecule has 146 valence electrons. The summed E-state index contributed by atoms with van der Waals surface area (Å²) >= 11 is 0. The molecule has 0 saturated carbocycles. The minimum atomic E-state index is -6.66. The molecule has 0 aromatic heterocycles. The summed E-state index contributed by atoms with van der Waals surface area (Å²) in [5.41, 5.74) is 0. The highest BCUT2D eigenvalue weighted by molar-refractivity contribution is 7.88. The Morgan fingerprint density at radius 3 is 0.792 bits per heavy atom. The van der Waals surface area contributed by atoms with Crippen LogP contribution in [-0.2, 0) is 10.8 Å². The van der Waals surface area contributed by atoms with E-state index in [0.29, 0.717) is 0 Å². The molecule has 0 heterocycles. The molecule has 0 aliphatic rings. The maximum atomic E-state index is 12.9. The molecule has 1 nitrogen and oxygen atoms in total. The molecule has 0 aliphatic heterocycles. The van der Waals surface area contributed by atoms with Gasteiger partial charge in [-0.3, -0.25) is 4.21 Å². The van der Waals surface area contributed by atoms with Gasteiger partial charge in [0.25, 0.3) is 0 Å². The fourth-order valence-corrected chi connectivity index (χ4v) is 4.06. The predicted molar refractivity (Wildman–Crippen MR) is 58.4 cm³/mol. The topological polar surface area (TPSA) is 17.1 Å². The van der Waals surface area contributed by atoms with Crippen LogP contribution in [0.3, 0.4) is 0 Å². The van der Waals surface area contributed by atoms with E-state index < -0.39 is 57.8 Å². The van der Waals surface area contributed by atoms with Crippen molar-refractivity contribution in [1.29, 1.82) is 0 Å². The molecule has 24 heavy (non-hydrogen) atoms. The van der Waals surface area contributed by atoms with Gasteiger partial charge in [-0.2, -0.15) is 52.7 Å². The first-order valence-electron chi connectivity index (χ1n) is 5.96. The summed E-state index contributed by atoms with van der Waals surface area (Å²) in [6, 6.07) is 0. The van der Waals surface area contributed by atoms with Gasteiger partial charge in [-0.25, -0.2) is 0 Å². The summed E-state index contributed by atoms with van der Waals surface area (Å²) in [5.74, 6) is 0. The van der Waals surface area contributed by atoms with Crippen LogP contribution in [0.4, 0.5) is 52.7 Å². The van der Waals surface area contributed by atoms with Gasteiger partial charge < -0.3 is 0 Å². The van der Waals surface area contributed by atoms with Crippen molar-refractivity contribution < 1.29 is 56.9 Å². The van der Waals surface area contributed by atoms with Gasteiger partial charge in [0.05, 0.1) is 10.8 Å². The normalized spacial score (nSPS) is 16.0. The molecule has 0 aromatic rings. The molecule has 0 atom stereocenters. The molecule has 0 aliphatic carbocycles. The van der Waals surface area contributed by atoms with Crippen molar-refractivity contribution in [3.63, 3.8) is 0 Å². The van der Waals surface area contributed by atoms with E-state index in [4.69, 9.17) is 0 Å². The van der Waals surface area contributed by atoms with E-state index in [1.807, 2.05) is 0 Å². The average Bonchev–Trinajstić information content (AvgIpc) is 2.23.